The van der Waals surface area contributed by atoms with Gasteiger partial charge in [-0.2, -0.15) is 13.2 Å². The molecule has 0 bridgehead atoms. The van der Waals surface area contributed by atoms with Gasteiger partial charge in [-0.25, -0.2) is 4.79 Å². The highest BCUT2D eigenvalue weighted by molar-refractivity contribution is 6.32. The second kappa shape index (κ2) is 7.87. The smallest absolute Gasteiger partial charge is 0.430 e. The summed E-state index contributed by atoms with van der Waals surface area (Å²) in [4.78, 5) is 11.2. The fourth-order valence-corrected chi connectivity index (χ4v) is 4.10. The molecular formula is C22H18ClF3O4. The summed E-state index contributed by atoms with van der Waals surface area (Å²) < 4.78 is 50.5. The van der Waals surface area contributed by atoms with Crippen molar-refractivity contribution in [2.45, 2.75) is 43.9 Å². The van der Waals surface area contributed by atoms with Gasteiger partial charge in [0.05, 0.1) is 10.6 Å². The maximum absolute atomic E-state index is 13.3. The van der Waals surface area contributed by atoms with Gasteiger partial charge >= 0.3 is 12.1 Å². The molecule has 1 fully saturated rings. The van der Waals surface area contributed by atoms with Crippen LogP contribution in [0, 0.1) is 0 Å². The van der Waals surface area contributed by atoms with E-state index in [2.05, 4.69) is 0 Å². The number of rotatable bonds is 4. The molecule has 1 aliphatic carbocycles. The van der Waals surface area contributed by atoms with E-state index in [0.717, 1.165) is 6.08 Å². The van der Waals surface area contributed by atoms with Crippen molar-refractivity contribution >= 4 is 23.6 Å². The zero-order valence-corrected chi connectivity index (χ0v) is 16.5. The highest BCUT2D eigenvalue weighted by Gasteiger charge is 2.48. The fraction of sp³-hybridized carbons (Fsp3) is 0.318. The topological polar surface area (TPSA) is 55.8 Å². The lowest BCUT2D eigenvalue weighted by Crippen LogP contribution is -2.40. The SMILES string of the molecule is O=C(O)C1=Cc2cc(Cl)c(Oc3ccc(C4CCCC4)cc3)cc2OC1C(F)(F)F. The van der Waals surface area contributed by atoms with Crippen LogP contribution in [-0.4, -0.2) is 23.4 Å². The highest BCUT2D eigenvalue weighted by atomic mass is 35.5. The van der Waals surface area contributed by atoms with Crippen molar-refractivity contribution in [3.63, 3.8) is 0 Å². The number of alkyl halides is 3. The van der Waals surface area contributed by atoms with E-state index in [9.17, 15) is 18.0 Å². The van der Waals surface area contributed by atoms with Gasteiger partial charge in [-0.15, -0.1) is 0 Å². The molecule has 2 aromatic carbocycles. The van der Waals surface area contributed by atoms with Gasteiger partial charge in [0.15, 0.2) is 0 Å². The first kappa shape index (κ1) is 20.6. The Labute approximate surface area is 175 Å². The van der Waals surface area contributed by atoms with Crippen molar-refractivity contribution in [2.75, 3.05) is 0 Å². The van der Waals surface area contributed by atoms with Crippen LogP contribution in [0.3, 0.4) is 0 Å². The lowest BCUT2D eigenvalue weighted by Gasteiger charge is -2.27. The third-order valence-corrected chi connectivity index (χ3v) is 5.68. The zero-order valence-electron chi connectivity index (χ0n) is 15.7. The van der Waals surface area contributed by atoms with Crippen molar-refractivity contribution in [1.29, 1.82) is 0 Å². The van der Waals surface area contributed by atoms with E-state index in [1.165, 1.54) is 43.4 Å². The predicted octanol–water partition coefficient (Wildman–Crippen LogP) is 6.58. The van der Waals surface area contributed by atoms with Crippen molar-refractivity contribution in [3.05, 3.63) is 58.1 Å². The zero-order chi connectivity index (χ0) is 21.5. The van der Waals surface area contributed by atoms with Crippen LogP contribution in [0.4, 0.5) is 13.2 Å². The van der Waals surface area contributed by atoms with E-state index in [1.807, 2.05) is 12.1 Å². The summed E-state index contributed by atoms with van der Waals surface area (Å²) in [5, 5.41) is 9.24. The number of ether oxygens (including phenoxy) is 2. The number of halogens is 4. The lowest BCUT2D eigenvalue weighted by atomic mass is 9.98. The number of carboxylic acids is 1. The molecule has 1 aliphatic heterocycles. The second-order valence-corrected chi connectivity index (χ2v) is 7.82. The summed E-state index contributed by atoms with van der Waals surface area (Å²) in [5.41, 5.74) is 0.475. The molecule has 2 aliphatic rings. The van der Waals surface area contributed by atoms with Crippen LogP contribution in [-0.2, 0) is 4.79 Å². The van der Waals surface area contributed by atoms with Gasteiger partial charge in [0.2, 0.25) is 6.10 Å². The van der Waals surface area contributed by atoms with E-state index in [1.54, 1.807) is 12.1 Å². The van der Waals surface area contributed by atoms with Crippen LogP contribution in [0.1, 0.15) is 42.7 Å². The molecule has 0 radical (unpaired) electrons. The molecule has 1 unspecified atom stereocenters. The first-order valence-electron chi connectivity index (χ1n) is 9.52. The minimum absolute atomic E-state index is 0.122. The average Bonchev–Trinajstić information content (AvgIpc) is 3.22. The molecule has 0 spiro atoms. The molecule has 30 heavy (non-hydrogen) atoms. The largest absolute Gasteiger partial charge is 0.478 e. The summed E-state index contributed by atoms with van der Waals surface area (Å²) in [7, 11) is 0. The standard InChI is InChI=1S/C22H18ClF3O4/c23-17-10-14-9-16(21(27)28)20(22(24,25)26)30-18(14)11-19(17)29-15-7-5-13(6-8-15)12-3-1-2-4-12/h5-12,20H,1-4H2,(H,27,28). The number of aliphatic carboxylic acids is 1. The Balaban J connectivity index is 1.60. The van der Waals surface area contributed by atoms with Crippen LogP contribution in [0.5, 0.6) is 17.2 Å². The molecule has 1 saturated carbocycles. The first-order valence-corrected chi connectivity index (χ1v) is 9.90. The molecule has 0 aromatic heterocycles. The summed E-state index contributed by atoms with van der Waals surface area (Å²) in [6.07, 6.45) is -1.73. The lowest BCUT2D eigenvalue weighted by molar-refractivity contribution is -0.187. The molecule has 1 N–H and O–H groups in total. The molecule has 8 heteroatoms. The number of carbonyl (C=O) groups is 1. The van der Waals surface area contributed by atoms with Gasteiger partial charge in [0.1, 0.15) is 17.2 Å². The molecule has 1 heterocycles. The van der Waals surface area contributed by atoms with Crippen LogP contribution < -0.4 is 9.47 Å². The maximum Gasteiger partial charge on any atom is 0.430 e. The van der Waals surface area contributed by atoms with E-state index in [4.69, 9.17) is 26.2 Å². The van der Waals surface area contributed by atoms with E-state index >= 15 is 0 Å². The molecule has 4 rings (SSSR count). The summed E-state index contributed by atoms with van der Waals surface area (Å²) in [6, 6.07) is 10.1. The Morgan fingerprint density at radius 3 is 2.40 bits per heavy atom. The summed E-state index contributed by atoms with van der Waals surface area (Å²) in [5.74, 6) is -0.693. The van der Waals surface area contributed by atoms with E-state index in [-0.39, 0.29) is 22.1 Å². The number of fused-ring (bicyclic) bond motifs is 1. The van der Waals surface area contributed by atoms with Crippen LogP contribution in [0.25, 0.3) is 6.08 Å². The Hall–Kier alpha value is -2.67. The second-order valence-electron chi connectivity index (χ2n) is 7.42. The normalized spacial score (nSPS) is 19.1. The Morgan fingerprint density at radius 2 is 1.80 bits per heavy atom. The van der Waals surface area contributed by atoms with Gasteiger partial charge < -0.3 is 14.6 Å². The van der Waals surface area contributed by atoms with Gasteiger partial charge in [0, 0.05) is 11.6 Å². The van der Waals surface area contributed by atoms with Gasteiger partial charge in [-0.05, 0) is 48.6 Å². The van der Waals surface area contributed by atoms with Crippen molar-refractivity contribution in [3.8, 4) is 17.2 Å². The average molecular weight is 439 g/mol. The molecule has 2 aromatic rings. The quantitative estimate of drug-likeness (QED) is 0.585. The molecule has 158 valence electrons. The van der Waals surface area contributed by atoms with Gasteiger partial charge in [-0.1, -0.05) is 36.6 Å². The number of benzene rings is 2. The minimum Gasteiger partial charge on any atom is -0.478 e. The number of hydrogen-bond acceptors (Lipinski definition) is 3. The monoisotopic (exact) mass is 438 g/mol. The molecule has 1 atom stereocenters. The predicted molar refractivity (Wildman–Crippen MR) is 105 cm³/mol. The van der Waals surface area contributed by atoms with Crippen LogP contribution >= 0.6 is 11.6 Å². The van der Waals surface area contributed by atoms with Crippen molar-refractivity contribution in [1.82, 2.24) is 0 Å². The molecule has 4 nitrogen and oxygen atoms in total. The first-order chi connectivity index (χ1) is 14.2. The van der Waals surface area contributed by atoms with Gasteiger partial charge in [-0.3, -0.25) is 0 Å². The summed E-state index contributed by atoms with van der Waals surface area (Å²) >= 11 is 6.22. The Kier molecular flexibility index (Phi) is 5.40. The highest BCUT2D eigenvalue weighted by Crippen LogP contribution is 2.43. The number of carboxylic acid groups (broad SMARTS) is 1. The third-order valence-electron chi connectivity index (χ3n) is 5.38. The van der Waals surface area contributed by atoms with E-state index in [0.29, 0.717) is 11.7 Å². The summed E-state index contributed by atoms with van der Waals surface area (Å²) in [6.45, 7) is 0. The van der Waals surface area contributed by atoms with Gasteiger partial charge in [0.25, 0.3) is 0 Å². The molecule has 0 amide bonds. The van der Waals surface area contributed by atoms with Crippen molar-refractivity contribution in [2.24, 2.45) is 0 Å². The third kappa shape index (κ3) is 4.12. The Bertz CT molecular complexity index is 993. The number of hydrogen-bond donors (Lipinski definition) is 1. The maximum atomic E-state index is 13.3. The van der Waals surface area contributed by atoms with E-state index < -0.39 is 23.8 Å². The van der Waals surface area contributed by atoms with Crippen molar-refractivity contribution < 1.29 is 32.5 Å². The molecule has 0 saturated heterocycles. The Morgan fingerprint density at radius 1 is 1.13 bits per heavy atom. The van der Waals surface area contributed by atoms with Crippen LogP contribution in [0.15, 0.2) is 42.0 Å². The minimum atomic E-state index is -4.88. The fourth-order valence-electron chi connectivity index (χ4n) is 3.89. The molecular weight excluding hydrogens is 421 g/mol. The van der Waals surface area contributed by atoms with Crippen LogP contribution in [0.2, 0.25) is 5.02 Å².